The van der Waals surface area contributed by atoms with Crippen LogP contribution in [0.25, 0.3) is 0 Å². The van der Waals surface area contributed by atoms with Crippen LogP contribution in [0.4, 0.5) is 0 Å². The summed E-state index contributed by atoms with van der Waals surface area (Å²) in [7, 11) is 0. The minimum atomic E-state index is -1.38. The van der Waals surface area contributed by atoms with E-state index >= 15 is 0 Å². The summed E-state index contributed by atoms with van der Waals surface area (Å²) in [5, 5.41) is 28.7. The number of carbonyl (C=O) groups is 1. The van der Waals surface area contributed by atoms with Crippen molar-refractivity contribution in [2.75, 3.05) is 0 Å². The van der Waals surface area contributed by atoms with Crippen LogP contribution in [0.15, 0.2) is 23.4 Å². The van der Waals surface area contributed by atoms with Crippen molar-refractivity contribution in [1.82, 2.24) is 0 Å². The lowest BCUT2D eigenvalue weighted by Gasteiger charge is -2.01. The van der Waals surface area contributed by atoms with Crippen LogP contribution in [0, 0.1) is 0 Å². The number of nitrogens with zero attached hydrogens (tertiary/aromatic N) is 1. The monoisotopic (exact) mass is 215 g/mol. The van der Waals surface area contributed by atoms with Crippen molar-refractivity contribution in [2.45, 2.75) is 0 Å². The molecule has 0 bridgehead atoms. The minimum absolute atomic E-state index is 0.00935. The average molecular weight is 216 g/mol. The first-order valence-corrected chi connectivity index (χ1v) is 3.88. The predicted molar refractivity (Wildman–Crippen MR) is 49.1 cm³/mol. The molecule has 5 nitrogen and oxygen atoms in total. The van der Waals surface area contributed by atoms with Crippen molar-refractivity contribution in [1.29, 1.82) is 0 Å². The second-order valence-corrected chi connectivity index (χ2v) is 2.83. The molecule has 0 saturated heterocycles. The van der Waals surface area contributed by atoms with Crippen molar-refractivity contribution in [3.63, 3.8) is 0 Å². The highest BCUT2D eigenvalue weighted by atomic mass is 35.5. The molecule has 0 atom stereocenters. The number of hydrogen-bond acceptors (Lipinski definition) is 4. The fraction of sp³-hybridized carbons (Fsp3) is 0. The van der Waals surface area contributed by atoms with Crippen LogP contribution >= 0.6 is 11.6 Å². The topological polar surface area (TPSA) is 90.1 Å². The fourth-order valence-corrected chi connectivity index (χ4v) is 1.06. The molecule has 1 rings (SSSR count). The number of aromatic hydroxyl groups is 1. The lowest BCUT2D eigenvalue weighted by molar-refractivity contribution is -0.129. The Morgan fingerprint density at radius 3 is 2.50 bits per heavy atom. The molecule has 0 spiro atoms. The van der Waals surface area contributed by atoms with Gasteiger partial charge in [-0.3, -0.25) is 0 Å². The van der Waals surface area contributed by atoms with Crippen molar-refractivity contribution in [2.24, 2.45) is 5.16 Å². The third-order valence-electron chi connectivity index (χ3n) is 1.52. The summed E-state index contributed by atoms with van der Waals surface area (Å²) in [6.07, 6.45) is 0. The Morgan fingerprint density at radius 1 is 1.43 bits per heavy atom. The van der Waals surface area contributed by atoms with E-state index in [1.165, 1.54) is 18.2 Å². The van der Waals surface area contributed by atoms with Crippen LogP contribution < -0.4 is 0 Å². The first-order chi connectivity index (χ1) is 6.56. The van der Waals surface area contributed by atoms with Gasteiger partial charge in [-0.15, -0.1) is 0 Å². The molecule has 0 unspecified atom stereocenters. The molecule has 0 aliphatic carbocycles. The molecule has 0 aliphatic heterocycles. The van der Waals surface area contributed by atoms with E-state index in [0.717, 1.165) is 0 Å². The maximum absolute atomic E-state index is 10.5. The highest BCUT2D eigenvalue weighted by Gasteiger charge is 2.14. The largest absolute Gasteiger partial charge is 0.506 e. The van der Waals surface area contributed by atoms with Gasteiger partial charge in [0.2, 0.25) is 0 Å². The summed E-state index contributed by atoms with van der Waals surface area (Å²) in [5.74, 6) is -1.55. The van der Waals surface area contributed by atoms with Gasteiger partial charge in [-0.1, -0.05) is 16.8 Å². The summed E-state index contributed by atoms with van der Waals surface area (Å²) in [6.45, 7) is 0. The van der Waals surface area contributed by atoms with Gasteiger partial charge in [0.15, 0.2) is 5.71 Å². The van der Waals surface area contributed by atoms with Crippen LogP contribution in [0.1, 0.15) is 5.56 Å². The number of rotatable bonds is 2. The third kappa shape index (κ3) is 1.94. The molecule has 1 aromatic carbocycles. The molecule has 1 aromatic rings. The molecule has 0 aromatic heterocycles. The Hall–Kier alpha value is -1.75. The Labute approximate surface area is 83.9 Å². The number of carboxylic acid groups (broad SMARTS) is 1. The van der Waals surface area contributed by atoms with E-state index in [1.54, 1.807) is 0 Å². The number of hydrogen-bond donors (Lipinski definition) is 3. The van der Waals surface area contributed by atoms with E-state index in [1.807, 2.05) is 0 Å². The molecular weight excluding hydrogens is 210 g/mol. The summed E-state index contributed by atoms with van der Waals surface area (Å²) in [6, 6.07) is 3.69. The van der Waals surface area contributed by atoms with E-state index in [9.17, 15) is 4.79 Å². The van der Waals surface area contributed by atoms with Gasteiger partial charge in [0, 0.05) is 5.56 Å². The first kappa shape index (κ1) is 10.3. The number of benzene rings is 1. The van der Waals surface area contributed by atoms with Crippen LogP contribution in [0.3, 0.4) is 0 Å². The average Bonchev–Trinajstić information content (AvgIpc) is 2.11. The van der Waals surface area contributed by atoms with Gasteiger partial charge < -0.3 is 15.4 Å². The van der Waals surface area contributed by atoms with Gasteiger partial charge in [0.05, 0.1) is 5.02 Å². The van der Waals surface area contributed by atoms with E-state index in [4.69, 9.17) is 27.0 Å². The zero-order chi connectivity index (χ0) is 10.7. The third-order valence-corrected chi connectivity index (χ3v) is 1.83. The van der Waals surface area contributed by atoms with Crippen LogP contribution in [-0.2, 0) is 4.79 Å². The van der Waals surface area contributed by atoms with Gasteiger partial charge in [-0.05, 0) is 18.2 Å². The van der Waals surface area contributed by atoms with Crippen LogP contribution in [0.5, 0.6) is 5.75 Å². The highest BCUT2D eigenvalue weighted by Crippen LogP contribution is 2.23. The summed E-state index contributed by atoms with van der Waals surface area (Å²) >= 11 is 5.54. The molecule has 0 amide bonds. The smallest absolute Gasteiger partial charge is 0.358 e. The van der Waals surface area contributed by atoms with Gasteiger partial charge in [-0.2, -0.15) is 0 Å². The number of halogens is 1. The maximum Gasteiger partial charge on any atom is 0.358 e. The zero-order valence-electron chi connectivity index (χ0n) is 6.81. The molecule has 6 heteroatoms. The van der Waals surface area contributed by atoms with Gasteiger partial charge in [-0.25, -0.2) is 4.79 Å². The SMILES string of the molecule is O=C(O)/C(=N/O)c1ccc(O)c(Cl)c1. The predicted octanol–water partition coefficient (Wildman–Crippen LogP) is 1.31. The van der Waals surface area contributed by atoms with Crippen molar-refractivity contribution < 1.29 is 20.2 Å². The van der Waals surface area contributed by atoms with Crippen LogP contribution in [0.2, 0.25) is 5.02 Å². The minimum Gasteiger partial charge on any atom is -0.506 e. The molecule has 0 fully saturated rings. The van der Waals surface area contributed by atoms with Crippen molar-refractivity contribution >= 4 is 23.3 Å². The number of carboxylic acids is 1. The first-order valence-electron chi connectivity index (χ1n) is 3.50. The number of phenolic OH excluding ortho intramolecular Hbond substituents is 1. The maximum atomic E-state index is 10.5. The van der Waals surface area contributed by atoms with Crippen LogP contribution in [-0.4, -0.2) is 27.1 Å². The zero-order valence-corrected chi connectivity index (χ0v) is 7.56. The Morgan fingerprint density at radius 2 is 2.07 bits per heavy atom. The number of phenols is 1. The Kier molecular flexibility index (Phi) is 2.93. The molecule has 74 valence electrons. The molecule has 3 N–H and O–H groups in total. The van der Waals surface area contributed by atoms with E-state index in [0.29, 0.717) is 0 Å². The Bertz CT molecular complexity index is 402. The molecule has 14 heavy (non-hydrogen) atoms. The number of oxime groups is 1. The molecule has 0 saturated carbocycles. The normalized spacial score (nSPS) is 11.4. The van der Waals surface area contributed by atoms with Gasteiger partial charge >= 0.3 is 5.97 Å². The molecule has 0 aliphatic rings. The van der Waals surface area contributed by atoms with E-state index < -0.39 is 11.7 Å². The quantitative estimate of drug-likeness (QED) is 0.394. The lowest BCUT2D eigenvalue weighted by Crippen LogP contribution is -2.14. The fourth-order valence-electron chi connectivity index (χ4n) is 0.878. The van der Waals surface area contributed by atoms with Gasteiger partial charge in [0.1, 0.15) is 5.75 Å². The van der Waals surface area contributed by atoms with Gasteiger partial charge in [0.25, 0.3) is 0 Å². The number of aliphatic carboxylic acids is 1. The second kappa shape index (κ2) is 3.97. The van der Waals surface area contributed by atoms with E-state index in [2.05, 4.69) is 5.16 Å². The molecule has 0 heterocycles. The van der Waals surface area contributed by atoms with Crippen molar-refractivity contribution in [3.05, 3.63) is 28.8 Å². The summed E-state index contributed by atoms with van der Waals surface area (Å²) in [4.78, 5) is 10.5. The summed E-state index contributed by atoms with van der Waals surface area (Å²) in [5.41, 5.74) is -0.422. The molecule has 0 radical (unpaired) electrons. The Balaban J connectivity index is 3.20. The lowest BCUT2D eigenvalue weighted by atomic mass is 10.1. The second-order valence-electron chi connectivity index (χ2n) is 2.42. The highest BCUT2D eigenvalue weighted by molar-refractivity contribution is 6.43. The standard InChI is InChI=1S/C8H6ClNO4/c9-5-3-4(1-2-6(5)11)7(10-14)8(12)13/h1-3,11,14H,(H,12,13)/b10-7+. The molecular formula is C8H6ClNO4. The summed E-state index contributed by atoms with van der Waals surface area (Å²) < 4.78 is 0. The van der Waals surface area contributed by atoms with E-state index in [-0.39, 0.29) is 16.3 Å². The van der Waals surface area contributed by atoms with Crippen molar-refractivity contribution in [3.8, 4) is 5.75 Å².